The van der Waals surface area contributed by atoms with Crippen LogP contribution < -0.4 is 5.32 Å². The summed E-state index contributed by atoms with van der Waals surface area (Å²) in [6.07, 6.45) is 5.53. The second-order valence-electron chi connectivity index (χ2n) is 5.59. The van der Waals surface area contributed by atoms with Crippen LogP contribution in [0, 0.1) is 5.92 Å². The number of hydrogen-bond acceptors (Lipinski definition) is 2. The van der Waals surface area contributed by atoms with Gasteiger partial charge in [-0.15, -0.1) is 0 Å². The van der Waals surface area contributed by atoms with E-state index in [0.29, 0.717) is 0 Å². The highest BCUT2D eigenvalue weighted by Crippen LogP contribution is 2.23. The average Bonchev–Trinajstić information content (AvgIpc) is 2.43. The second-order valence-corrected chi connectivity index (χ2v) is 7.13. The molecule has 1 fully saturated rings. The Morgan fingerprint density at radius 2 is 1.84 bits per heavy atom. The summed E-state index contributed by atoms with van der Waals surface area (Å²) in [6, 6.07) is 8.95. The fraction of sp³-hybridized carbons (Fsp3) is 0.625. The molecule has 0 amide bonds. The molecular formula is C16H24ClNS. The van der Waals surface area contributed by atoms with Crippen LogP contribution in [0.4, 0.5) is 0 Å². The lowest BCUT2D eigenvalue weighted by atomic mass is 9.87. The van der Waals surface area contributed by atoms with Crippen molar-refractivity contribution in [1.29, 1.82) is 0 Å². The highest BCUT2D eigenvalue weighted by atomic mass is 35.5. The average molecular weight is 298 g/mol. The molecular weight excluding hydrogens is 274 g/mol. The van der Waals surface area contributed by atoms with Crippen LogP contribution in [0.5, 0.6) is 0 Å². The zero-order valence-corrected chi connectivity index (χ0v) is 13.3. The molecule has 0 spiro atoms. The Morgan fingerprint density at radius 1 is 1.16 bits per heavy atom. The molecule has 0 unspecified atom stereocenters. The van der Waals surface area contributed by atoms with Crippen molar-refractivity contribution >= 4 is 23.4 Å². The maximum Gasteiger partial charge on any atom is 0.0406 e. The van der Waals surface area contributed by atoms with Gasteiger partial charge in [-0.2, -0.15) is 11.8 Å². The third-order valence-corrected chi connectivity index (χ3v) is 5.16. The fourth-order valence-electron chi connectivity index (χ4n) is 2.57. The number of benzene rings is 1. The first kappa shape index (κ1) is 15.2. The molecule has 2 rings (SSSR count). The number of halogens is 1. The number of hydrogen-bond donors (Lipinski definition) is 1. The second kappa shape index (κ2) is 8.18. The molecule has 3 heteroatoms. The van der Waals surface area contributed by atoms with E-state index in [2.05, 4.69) is 24.4 Å². The van der Waals surface area contributed by atoms with E-state index in [4.69, 9.17) is 11.6 Å². The quantitative estimate of drug-likeness (QED) is 0.761. The number of rotatable bonds is 6. The smallest absolute Gasteiger partial charge is 0.0406 e. The van der Waals surface area contributed by atoms with Crippen LogP contribution in [0.1, 0.15) is 38.2 Å². The molecule has 1 aliphatic carbocycles. The van der Waals surface area contributed by atoms with Crippen LogP contribution in [-0.2, 0) is 5.75 Å². The molecule has 0 heterocycles. The summed E-state index contributed by atoms with van der Waals surface area (Å²) in [4.78, 5) is 0. The number of nitrogens with one attached hydrogen (secondary N) is 1. The van der Waals surface area contributed by atoms with E-state index in [1.807, 2.05) is 23.9 Å². The molecule has 0 aliphatic heterocycles. The normalized spacial score (nSPS) is 23.5. The molecule has 0 aromatic heterocycles. The first-order valence-corrected chi connectivity index (χ1v) is 8.83. The summed E-state index contributed by atoms with van der Waals surface area (Å²) in [5, 5.41) is 4.52. The van der Waals surface area contributed by atoms with Crippen molar-refractivity contribution in [1.82, 2.24) is 5.32 Å². The zero-order valence-electron chi connectivity index (χ0n) is 11.7. The zero-order chi connectivity index (χ0) is 13.5. The highest BCUT2D eigenvalue weighted by Gasteiger charge is 2.16. The van der Waals surface area contributed by atoms with Gasteiger partial charge in [0.25, 0.3) is 0 Å². The Hall–Kier alpha value is -0.180. The standard InChI is InChI=1S/C16H24ClNS/c1-13-2-8-16(9-3-13)18-10-11-19-12-14-4-6-15(17)7-5-14/h4-7,13,16,18H,2-3,8-12H2,1H3. The maximum absolute atomic E-state index is 5.87. The summed E-state index contributed by atoms with van der Waals surface area (Å²) in [6.45, 7) is 3.51. The lowest BCUT2D eigenvalue weighted by Gasteiger charge is -2.26. The highest BCUT2D eigenvalue weighted by molar-refractivity contribution is 7.98. The van der Waals surface area contributed by atoms with Crippen molar-refractivity contribution in [2.75, 3.05) is 12.3 Å². The Kier molecular flexibility index (Phi) is 6.55. The lowest BCUT2D eigenvalue weighted by molar-refractivity contribution is 0.312. The van der Waals surface area contributed by atoms with Crippen molar-refractivity contribution < 1.29 is 0 Å². The maximum atomic E-state index is 5.87. The van der Waals surface area contributed by atoms with Crippen LogP contribution >= 0.6 is 23.4 Å². The van der Waals surface area contributed by atoms with Crippen molar-refractivity contribution in [3.8, 4) is 0 Å². The molecule has 1 aromatic carbocycles. The largest absolute Gasteiger partial charge is 0.313 e. The lowest BCUT2D eigenvalue weighted by Crippen LogP contribution is -2.34. The van der Waals surface area contributed by atoms with Crippen molar-refractivity contribution in [2.24, 2.45) is 5.92 Å². The summed E-state index contributed by atoms with van der Waals surface area (Å²) >= 11 is 7.87. The molecule has 0 atom stereocenters. The van der Waals surface area contributed by atoms with Gasteiger partial charge in [0, 0.05) is 29.1 Å². The third-order valence-electron chi connectivity index (χ3n) is 3.88. The minimum atomic E-state index is 0.771. The number of thioether (sulfide) groups is 1. The van der Waals surface area contributed by atoms with Gasteiger partial charge >= 0.3 is 0 Å². The van der Waals surface area contributed by atoms with E-state index in [-0.39, 0.29) is 0 Å². The molecule has 0 radical (unpaired) electrons. The van der Waals surface area contributed by atoms with Crippen molar-refractivity contribution in [3.05, 3.63) is 34.9 Å². The first-order valence-electron chi connectivity index (χ1n) is 7.29. The van der Waals surface area contributed by atoms with Gasteiger partial charge in [0.1, 0.15) is 0 Å². The van der Waals surface area contributed by atoms with Gasteiger partial charge in [-0.25, -0.2) is 0 Å². The van der Waals surface area contributed by atoms with E-state index >= 15 is 0 Å². The van der Waals surface area contributed by atoms with Crippen LogP contribution in [0.2, 0.25) is 5.02 Å². The van der Waals surface area contributed by atoms with Gasteiger partial charge in [0.2, 0.25) is 0 Å². The summed E-state index contributed by atoms with van der Waals surface area (Å²) < 4.78 is 0. The Bertz CT molecular complexity index is 358. The molecule has 1 N–H and O–H groups in total. The molecule has 1 aromatic rings. The molecule has 1 nitrogen and oxygen atoms in total. The van der Waals surface area contributed by atoms with E-state index in [1.165, 1.54) is 37.0 Å². The molecule has 1 saturated carbocycles. The van der Waals surface area contributed by atoms with Gasteiger partial charge in [-0.05, 0) is 49.3 Å². The van der Waals surface area contributed by atoms with E-state index < -0.39 is 0 Å². The summed E-state index contributed by atoms with van der Waals surface area (Å²) in [7, 11) is 0. The van der Waals surface area contributed by atoms with Gasteiger partial charge in [0.05, 0.1) is 0 Å². The first-order chi connectivity index (χ1) is 9.24. The van der Waals surface area contributed by atoms with Crippen LogP contribution in [0.25, 0.3) is 0 Å². The summed E-state index contributed by atoms with van der Waals surface area (Å²) in [5.74, 6) is 3.22. The molecule has 0 bridgehead atoms. The van der Waals surface area contributed by atoms with Crippen LogP contribution in [0.3, 0.4) is 0 Å². The van der Waals surface area contributed by atoms with E-state index in [0.717, 1.165) is 29.3 Å². The predicted molar refractivity (Wildman–Crippen MR) is 87.0 cm³/mol. The SMILES string of the molecule is CC1CCC(NCCSCc2ccc(Cl)cc2)CC1. The van der Waals surface area contributed by atoms with Gasteiger partial charge in [-0.1, -0.05) is 30.7 Å². The molecule has 0 saturated heterocycles. The molecule has 1 aliphatic rings. The minimum Gasteiger partial charge on any atom is -0.313 e. The van der Waals surface area contributed by atoms with E-state index in [9.17, 15) is 0 Å². The van der Waals surface area contributed by atoms with Gasteiger partial charge in [0.15, 0.2) is 0 Å². The Labute approximate surface area is 126 Å². The Balaban J connectivity index is 1.53. The van der Waals surface area contributed by atoms with Crippen molar-refractivity contribution in [3.63, 3.8) is 0 Å². The van der Waals surface area contributed by atoms with E-state index in [1.54, 1.807) is 0 Å². The fourth-order valence-corrected chi connectivity index (χ4v) is 3.53. The monoisotopic (exact) mass is 297 g/mol. The van der Waals surface area contributed by atoms with Crippen LogP contribution in [0.15, 0.2) is 24.3 Å². The molecule has 19 heavy (non-hydrogen) atoms. The Morgan fingerprint density at radius 3 is 2.53 bits per heavy atom. The topological polar surface area (TPSA) is 12.0 Å². The summed E-state index contributed by atoms with van der Waals surface area (Å²) in [5.41, 5.74) is 1.36. The van der Waals surface area contributed by atoms with Crippen molar-refractivity contribution in [2.45, 2.75) is 44.4 Å². The minimum absolute atomic E-state index is 0.771. The van der Waals surface area contributed by atoms with Crippen LogP contribution in [-0.4, -0.2) is 18.3 Å². The predicted octanol–water partition coefficient (Wildman–Crippen LogP) is 4.74. The van der Waals surface area contributed by atoms with Gasteiger partial charge < -0.3 is 5.32 Å². The van der Waals surface area contributed by atoms with Gasteiger partial charge in [-0.3, -0.25) is 0 Å². The third kappa shape index (κ3) is 5.76. The molecule has 106 valence electrons.